The molecule has 2 N–H and O–H groups in total. The lowest BCUT2D eigenvalue weighted by atomic mass is 10.1. The topological polar surface area (TPSA) is 82.7 Å². The van der Waals surface area contributed by atoms with Crippen molar-refractivity contribution in [2.45, 2.75) is 25.2 Å². The Morgan fingerprint density at radius 3 is 1.12 bits per heavy atom. The number of ketones is 3. The predicted octanol–water partition coefficient (Wildman–Crippen LogP) is 0.774. The molecule has 0 amide bonds. The molecule has 100 valence electrons. The van der Waals surface area contributed by atoms with Gasteiger partial charge in [-0.15, -0.1) is 0 Å². The highest BCUT2D eigenvalue weighted by Crippen LogP contribution is 2.21. The van der Waals surface area contributed by atoms with Gasteiger partial charge < -0.3 is 5.48 Å². The van der Waals surface area contributed by atoms with Gasteiger partial charge in [0.2, 0.25) is 11.6 Å². The molecule has 0 aromatic carbocycles. The first-order valence-electron chi connectivity index (χ1n) is 3.66. The van der Waals surface area contributed by atoms with Crippen LogP contribution < -0.4 is 0 Å². The molecular weight excluding hydrogens is 262 g/mol. The molecule has 0 unspecified atom stereocenters. The largest absolute Gasteiger partial charge is 0.450 e. The summed E-state index contributed by atoms with van der Waals surface area (Å²) < 4.78 is 69.4. The fraction of sp³-hybridized carbons (Fsp3) is 0.571. The normalized spacial score (nSPS) is 11.6. The minimum atomic E-state index is -5.29. The molecule has 0 fully saturated rings. The first kappa shape index (κ1) is 17.9. The second kappa shape index (κ2) is 5.75. The molecule has 0 saturated carbocycles. The molecule has 0 saturated heterocycles. The Balaban J connectivity index is 0. The first-order valence-corrected chi connectivity index (χ1v) is 3.66. The summed E-state index contributed by atoms with van der Waals surface area (Å²) in [5, 5.41) is 0. The maximum atomic E-state index is 11.6. The molecule has 0 heterocycles. The molecular formula is C7H6F6O4. The zero-order chi connectivity index (χ0) is 13.1. The maximum Gasteiger partial charge on any atom is 0.450 e. The monoisotopic (exact) mass is 268 g/mol. The van der Waals surface area contributed by atoms with Crippen molar-refractivity contribution in [1.82, 2.24) is 0 Å². The average molecular weight is 268 g/mol. The van der Waals surface area contributed by atoms with Crippen LogP contribution in [0, 0.1) is 0 Å². The summed E-state index contributed by atoms with van der Waals surface area (Å²) in [7, 11) is 0. The Bertz CT molecular complexity index is 285. The smallest absolute Gasteiger partial charge is 0.412 e. The lowest BCUT2D eigenvalue weighted by Gasteiger charge is -2.05. The minimum Gasteiger partial charge on any atom is -0.412 e. The van der Waals surface area contributed by atoms with Crippen molar-refractivity contribution < 1.29 is 46.2 Å². The van der Waals surface area contributed by atoms with Crippen molar-refractivity contribution in [3.63, 3.8) is 0 Å². The molecule has 0 aliphatic carbocycles. The molecule has 0 radical (unpaired) electrons. The van der Waals surface area contributed by atoms with Crippen molar-refractivity contribution in [1.29, 1.82) is 0 Å². The number of hydrogen-bond donors (Lipinski definition) is 0. The fourth-order valence-electron chi connectivity index (χ4n) is 0.621. The summed E-state index contributed by atoms with van der Waals surface area (Å²) in [6, 6.07) is 0. The van der Waals surface area contributed by atoms with Crippen molar-refractivity contribution in [2.24, 2.45) is 0 Å². The Hall–Kier alpha value is -1.45. The van der Waals surface area contributed by atoms with Crippen LogP contribution >= 0.6 is 0 Å². The van der Waals surface area contributed by atoms with Crippen molar-refractivity contribution in [3.05, 3.63) is 0 Å². The molecule has 0 rings (SSSR count). The predicted molar refractivity (Wildman–Crippen MR) is 40.0 cm³/mol. The van der Waals surface area contributed by atoms with Crippen LogP contribution in [0.3, 0.4) is 0 Å². The van der Waals surface area contributed by atoms with Crippen LogP contribution in [0.2, 0.25) is 0 Å². The van der Waals surface area contributed by atoms with Crippen molar-refractivity contribution in [3.8, 4) is 0 Å². The van der Waals surface area contributed by atoms with Gasteiger partial charge in [0.15, 0.2) is 0 Å². The molecule has 0 bridgehead atoms. The molecule has 0 spiro atoms. The van der Waals surface area contributed by atoms with Gasteiger partial charge in [0, 0.05) is 0 Å². The van der Waals surface area contributed by atoms with Gasteiger partial charge in [-0.25, -0.2) is 0 Å². The van der Waals surface area contributed by atoms with E-state index in [1.165, 1.54) is 0 Å². The van der Waals surface area contributed by atoms with E-state index in [9.17, 15) is 40.7 Å². The third kappa shape index (κ3) is 6.66. The summed E-state index contributed by atoms with van der Waals surface area (Å²) in [5.74, 6) is -6.68. The highest BCUT2D eigenvalue weighted by Gasteiger charge is 2.42. The van der Waals surface area contributed by atoms with Gasteiger partial charge in [0.1, 0.15) is 5.78 Å². The summed E-state index contributed by atoms with van der Waals surface area (Å²) in [4.78, 5) is 30.9. The Labute approximate surface area is 89.9 Å². The molecule has 0 aromatic rings. The van der Waals surface area contributed by atoms with Crippen LogP contribution in [0.15, 0.2) is 0 Å². The molecule has 0 aliphatic heterocycles. The van der Waals surface area contributed by atoms with Crippen LogP contribution in [-0.2, 0) is 14.4 Å². The first-order chi connectivity index (χ1) is 6.94. The molecule has 4 nitrogen and oxygen atoms in total. The molecule has 10 heteroatoms. The number of hydrogen-bond acceptors (Lipinski definition) is 3. The lowest BCUT2D eigenvalue weighted by molar-refractivity contribution is -0.174. The minimum absolute atomic E-state index is 0. The zero-order valence-corrected chi connectivity index (χ0v) is 7.91. The van der Waals surface area contributed by atoms with E-state index >= 15 is 0 Å². The summed E-state index contributed by atoms with van der Waals surface area (Å²) in [5.41, 5.74) is 0. The number of rotatable bonds is 4. The Morgan fingerprint density at radius 1 is 0.706 bits per heavy atom. The van der Waals surface area contributed by atoms with E-state index in [4.69, 9.17) is 0 Å². The van der Waals surface area contributed by atoms with Gasteiger partial charge in [0.05, 0.1) is 12.8 Å². The number of carbonyl (C=O) groups excluding carboxylic acids is 3. The average Bonchev–Trinajstić information content (AvgIpc) is 1.99. The van der Waals surface area contributed by atoms with E-state index in [0.29, 0.717) is 0 Å². The quantitative estimate of drug-likeness (QED) is 0.557. The summed E-state index contributed by atoms with van der Waals surface area (Å²) in [6.07, 6.45) is -14.1. The van der Waals surface area contributed by atoms with Crippen molar-refractivity contribution in [2.75, 3.05) is 0 Å². The van der Waals surface area contributed by atoms with Gasteiger partial charge in [0.25, 0.3) is 0 Å². The van der Waals surface area contributed by atoms with Crippen LogP contribution in [0.4, 0.5) is 26.3 Å². The summed E-state index contributed by atoms with van der Waals surface area (Å²) >= 11 is 0. The van der Waals surface area contributed by atoms with Gasteiger partial charge in [-0.3, -0.25) is 14.4 Å². The van der Waals surface area contributed by atoms with Crippen LogP contribution in [0.1, 0.15) is 12.8 Å². The third-order valence-electron chi connectivity index (χ3n) is 1.35. The van der Waals surface area contributed by atoms with Crippen LogP contribution in [0.25, 0.3) is 0 Å². The van der Waals surface area contributed by atoms with E-state index in [1.807, 2.05) is 0 Å². The fourth-order valence-corrected chi connectivity index (χ4v) is 0.621. The molecule has 0 aromatic heterocycles. The highest BCUT2D eigenvalue weighted by molar-refractivity contribution is 6.09. The number of carbonyl (C=O) groups is 3. The van der Waals surface area contributed by atoms with E-state index in [1.54, 1.807) is 0 Å². The SMILES string of the molecule is O.O=C(CC(=O)C(F)(F)F)CC(=O)C(F)(F)F. The van der Waals surface area contributed by atoms with Gasteiger partial charge in [-0.05, 0) is 0 Å². The van der Waals surface area contributed by atoms with E-state index in [2.05, 4.69) is 0 Å². The number of alkyl halides is 6. The van der Waals surface area contributed by atoms with Crippen molar-refractivity contribution >= 4 is 17.3 Å². The lowest BCUT2D eigenvalue weighted by Crippen LogP contribution is -2.29. The molecule has 0 aliphatic rings. The zero-order valence-electron chi connectivity index (χ0n) is 7.91. The standard InChI is InChI=1S/C7H4F6O3.H2O/c8-6(9,10)4(15)1-3(14)2-5(16)7(11,12)13;/h1-2H2;1H2. The van der Waals surface area contributed by atoms with Crippen LogP contribution in [-0.4, -0.2) is 35.2 Å². The van der Waals surface area contributed by atoms with E-state index in [0.717, 1.165) is 0 Å². The maximum absolute atomic E-state index is 11.6. The summed E-state index contributed by atoms with van der Waals surface area (Å²) in [6.45, 7) is 0. The second-order valence-electron chi connectivity index (χ2n) is 2.73. The van der Waals surface area contributed by atoms with Gasteiger partial charge in [-0.1, -0.05) is 0 Å². The van der Waals surface area contributed by atoms with E-state index in [-0.39, 0.29) is 5.48 Å². The highest BCUT2D eigenvalue weighted by atomic mass is 19.4. The molecule has 0 atom stereocenters. The second-order valence-corrected chi connectivity index (χ2v) is 2.73. The third-order valence-corrected chi connectivity index (χ3v) is 1.35. The Kier molecular flexibility index (Phi) is 6.07. The number of halogens is 6. The van der Waals surface area contributed by atoms with Gasteiger partial charge in [-0.2, -0.15) is 26.3 Å². The van der Waals surface area contributed by atoms with Gasteiger partial charge >= 0.3 is 12.4 Å². The van der Waals surface area contributed by atoms with Crippen LogP contribution in [0.5, 0.6) is 0 Å². The Morgan fingerprint density at radius 2 is 0.941 bits per heavy atom. The number of Topliss-reactive ketones (excluding diaryl/α,β-unsaturated/α-hetero) is 3. The van der Waals surface area contributed by atoms with E-state index < -0.39 is 42.5 Å². The molecule has 17 heavy (non-hydrogen) atoms.